The number of alkyl halides is 3. The van der Waals surface area contributed by atoms with E-state index in [-0.39, 0.29) is 12.4 Å². The number of amides is 2. The van der Waals surface area contributed by atoms with Gasteiger partial charge in [0.2, 0.25) is 0 Å². The SMILES string of the molecule is CCOC(=O)[C@H]1[C@H](c2ccc(-c3ccc(Br)cc3)o2)NC(=O)N[C@]1(O)C(F)(F)F. The van der Waals surface area contributed by atoms with Gasteiger partial charge in [-0.25, -0.2) is 4.79 Å². The third kappa shape index (κ3) is 3.97. The van der Waals surface area contributed by atoms with Crippen molar-refractivity contribution in [3.63, 3.8) is 0 Å². The Morgan fingerprint density at radius 1 is 1.28 bits per heavy atom. The number of benzene rings is 1. The molecule has 3 rings (SSSR count). The quantitative estimate of drug-likeness (QED) is 0.586. The van der Waals surface area contributed by atoms with Crippen molar-refractivity contribution in [2.24, 2.45) is 5.92 Å². The number of hydrogen-bond acceptors (Lipinski definition) is 5. The van der Waals surface area contributed by atoms with Gasteiger partial charge in [0.15, 0.2) is 0 Å². The number of ether oxygens (including phenoxy) is 1. The molecule has 2 aromatic rings. The first-order chi connectivity index (χ1) is 13.6. The van der Waals surface area contributed by atoms with Crippen LogP contribution >= 0.6 is 15.9 Å². The third-order valence-electron chi connectivity index (χ3n) is 4.41. The van der Waals surface area contributed by atoms with Crippen molar-refractivity contribution < 1.29 is 37.0 Å². The molecule has 3 N–H and O–H groups in total. The second-order valence-electron chi connectivity index (χ2n) is 6.28. The summed E-state index contributed by atoms with van der Waals surface area (Å²) in [6, 6.07) is 6.81. The summed E-state index contributed by atoms with van der Waals surface area (Å²) in [6.07, 6.45) is -5.35. The van der Waals surface area contributed by atoms with E-state index in [0.717, 1.165) is 4.47 Å². The Morgan fingerprint density at radius 3 is 2.52 bits per heavy atom. The second-order valence-corrected chi connectivity index (χ2v) is 7.19. The molecule has 156 valence electrons. The smallest absolute Gasteiger partial charge is 0.437 e. The molecule has 0 spiro atoms. The molecule has 0 aliphatic carbocycles. The number of nitrogens with one attached hydrogen (secondary N) is 2. The van der Waals surface area contributed by atoms with E-state index in [1.807, 2.05) is 0 Å². The predicted molar refractivity (Wildman–Crippen MR) is 97.4 cm³/mol. The molecular weight excluding hydrogens is 461 g/mol. The van der Waals surface area contributed by atoms with Crippen LogP contribution in [0.4, 0.5) is 18.0 Å². The lowest BCUT2D eigenvalue weighted by molar-refractivity contribution is -0.294. The summed E-state index contributed by atoms with van der Waals surface area (Å²) in [6.45, 7) is 1.19. The van der Waals surface area contributed by atoms with Crippen molar-refractivity contribution in [2.45, 2.75) is 24.9 Å². The van der Waals surface area contributed by atoms with E-state index in [1.165, 1.54) is 24.4 Å². The van der Waals surface area contributed by atoms with E-state index in [4.69, 9.17) is 9.15 Å². The molecule has 7 nitrogen and oxygen atoms in total. The highest BCUT2D eigenvalue weighted by atomic mass is 79.9. The first-order valence-electron chi connectivity index (χ1n) is 8.47. The fraction of sp³-hybridized carbons (Fsp3) is 0.333. The fourth-order valence-corrected chi connectivity index (χ4v) is 3.33. The van der Waals surface area contributed by atoms with E-state index in [2.05, 4.69) is 21.2 Å². The van der Waals surface area contributed by atoms with Gasteiger partial charge >= 0.3 is 18.2 Å². The largest absolute Gasteiger partial charge is 0.466 e. The average Bonchev–Trinajstić information content (AvgIpc) is 3.11. The molecule has 0 saturated carbocycles. The van der Waals surface area contributed by atoms with Gasteiger partial charge in [-0.15, -0.1) is 0 Å². The Kier molecular flexibility index (Phi) is 5.63. The summed E-state index contributed by atoms with van der Waals surface area (Å²) in [5.41, 5.74) is -3.21. The van der Waals surface area contributed by atoms with E-state index in [9.17, 15) is 27.9 Å². The van der Waals surface area contributed by atoms with Gasteiger partial charge < -0.3 is 24.9 Å². The molecule has 2 amide bonds. The molecule has 1 aromatic heterocycles. The molecule has 1 saturated heterocycles. The maximum Gasteiger partial charge on any atom is 0.437 e. The van der Waals surface area contributed by atoms with Crippen LogP contribution in [-0.4, -0.2) is 35.6 Å². The first kappa shape index (κ1) is 21.2. The number of urea groups is 1. The van der Waals surface area contributed by atoms with Crippen LogP contribution in [-0.2, 0) is 9.53 Å². The number of aliphatic hydroxyl groups is 1. The molecule has 0 unspecified atom stereocenters. The molecule has 0 radical (unpaired) electrons. The van der Waals surface area contributed by atoms with E-state index < -0.39 is 35.9 Å². The zero-order chi connectivity index (χ0) is 21.4. The van der Waals surface area contributed by atoms with Crippen molar-refractivity contribution in [2.75, 3.05) is 6.61 Å². The van der Waals surface area contributed by atoms with Gasteiger partial charge in [-0.1, -0.05) is 28.1 Å². The number of carbonyl (C=O) groups is 2. The number of carbonyl (C=O) groups excluding carboxylic acids is 2. The van der Waals surface area contributed by atoms with Crippen molar-refractivity contribution in [1.29, 1.82) is 0 Å². The zero-order valence-electron chi connectivity index (χ0n) is 14.9. The van der Waals surface area contributed by atoms with Crippen LogP contribution in [0.1, 0.15) is 18.7 Å². The Hall–Kier alpha value is -2.53. The van der Waals surface area contributed by atoms with Crippen molar-refractivity contribution in [3.8, 4) is 11.3 Å². The molecule has 2 heterocycles. The van der Waals surface area contributed by atoms with Crippen LogP contribution in [0.5, 0.6) is 0 Å². The van der Waals surface area contributed by atoms with Crippen LogP contribution in [0.2, 0.25) is 0 Å². The lowest BCUT2D eigenvalue weighted by Crippen LogP contribution is -2.73. The average molecular weight is 477 g/mol. The highest BCUT2D eigenvalue weighted by Crippen LogP contribution is 2.43. The van der Waals surface area contributed by atoms with Gasteiger partial charge in [-0.3, -0.25) is 4.79 Å². The number of esters is 1. The fourth-order valence-electron chi connectivity index (χ4n) is 3.06. The lowest BCUT2D eigenvalue weighted by Gasteiger charge is -2.43. The number of rotatable bonds is 4. The number of hydrogen-bond donors (Lipinski definition) is 3. The van der Waals surface area contributed by atoms with Gasteiger partial charge in [0, 0.05) is 10.0 Å². The molecule has 0 bridgehead atoms. The number of furan rings is 1. The van der Waals surface area contributed by atoms with E-state index in [0.29, 0.717) is 11.3 Å². The molecule has 11 heteroatoms. The van der Waals surface area contributed by atoms with Crippen LogP contribution in [0, 0.1) is 5.92 Å². The molecule has 1 aromatic carbocycles. The normalized spacial score (nSPS) is 24.6. The van der Waals surface area contributed by atoms with Gasteiger partial charge in [0.1, 0.15) is 23.5 Å². The highest BCUT2D eigenvalue weighted by molar-refractivity contribution is 9.10. The maximum absolute atomic E-state index is 13.6. The van der Waals surface area contributed by atoms with Gasteiger partial charge in [0.05, 0.1) is 6.61 Å². The molecule has 1 fully saturated rings. The maximum atomic E-state index is 13.6. The minimum Gasteiger partial charge on any atom is -0.466 e. The summed E-state index contributed by atoms with van der Waals surface area (Å²) < 4.78 is 52.0. The Labute approximate surface area is 171 Å². The van der Waals surface area contributed by atoms with Crippen molar-refractivity contribution in [1.82, 2.24) is 10.6 Å². The van der Waals surface area contributed by atoms with Crippen molar-refractivity contribution in [3.05, 3.63) is 46.6 Å². The minimum absolute atomic E-state index is 0.140. The van der Waals surface area contributed by atoms with Gasteiger partial charge in [-0.05, 0) is 31.2 Å². The summed E-state index contributed by atoms with van der Waals surface area (Å²) in [5, 5.41) is 13.9. The molecule has 1 aliphatic heterocycles. The van der Waals surface area contributed by atoms with Gasteiger partial charge in [-0.2, -0.15) is 13.2 Å². The van der Waals surface area contributed by atoms with E-state index in [1.54, 1.807) is 24.3 Å². The van der Waals surface area contributed by atoms with Crippen LogP contribution in [0.3, 0.4) is 0 Å². The lowest BCUT2D eigenvalue weighted by atomic mass is 9.84. The predicted octanol–water partition coefficient (Wildman–Crippen LogP) is 3.49. The zero-order valence-corrected chi connectivity index (χ0v) is 16.5. The topological polar surface area (TPSA) is 101 Å². The second kappa shape index (κ2) is 7.71. The summed E-state index contributed by atoms with van der Waals surface area (Å²) in [4.78, 5) is 24.2. The van der Waals surface area contributed by atoms with Crippen LogP contribution in [0.15, 0.2) is 45.3 Å². The van der Waals surface area contributed by atoms with Crippen LogP contribution < -0.4 is 10.6 Å². The summed E-state index contributed by atoms with van der Waals surface area (Å²) in [7, 11) is 0. The van der Waals surface area contributed by atoms with E-state index >= 15 is 0 Å². The van der Waals surface area contributed by atoms with Crippen LogP contribution in [0.25, 0.3) is 11.3 Å². The molecule has 29 heavy (non-hydrogen) atoms. The molecular formula is C18H16BrF3N2O5. The third-order valence-corrected chi connectivity index (χ3v) is 4.94. The van der Waals surface area contributed by atoms with Crippen molar-refractivity contribution >= 4 is 27.9 Å². The number of halogens is 4. The monoisotopic (exact) mass is 476 g/mol. The molecule has 3 atom stereocenters. The van der Waals surface area contributed by atoms with Gasteiger partial charge in [0.25, 0.3) is 5.72 Å². The standard InChI is InChI=1S/C18H16BrF3N2O5/c1-2-28-15(25)13-14(23-16(26)24-17(13,27)18(20,21)22)12-8-7-11(29-12)9-3-5-10(19)6-4-9/h3-8,13-14,27H,2H2,1H3,(H2,23,24,26)/t13-,14+,17-/m1/s1. The molecule has 1 aliphatic rings. The Balaban J connectivity index is 2.04. The Morgan fingerprint density at radius 2 is 1.93 bits per heavy atom. The Bertz CT molecular complexity index is 915. The highest BCUT2D eigenvalue weighted by Gasteiger charge is 2.67. The minimum atomic E-state index is -5.35. The first-order valence-corrected chi connectivity index (χ1v) is 9.26. The summed E-state index contributed by atoms with van der Waals surface area (Å²) in [5.74, 6) is -3.41. The summed E-state index contributed by atoms with van der Waals surface area (Å²) >= 11 is 3.29.